The lowest BCUT2D eigenvalue weighted by Gasteiger charge is -2.39. The molecule has 0 aliphatic heterocycles. The van der Waals surface area contributed by atoms with Crippen molar-refractivity contribution >= 4 is 5.91 Å². The van der Waals surface area contributed by atoms with Crippen molar-refractivity contribution in [1.82, 2.24) is 15.3 Å². The molecule has 1 aromatic rings. The molecule has 1 aromatic heterocycles. The average Bonchev–Trinajstić information content (AvgIpc) is 2.57. The van der Waals surface area contributed by atoms with Gasteiger partial charge < -0.3 is 14.8 Å². The standard InChI is InChI=1S/C19H29N3O4/c1-12(2)26-18-9-17(21-19(24)22-18)25-11-16(23)20-10-15-7-13-4-3-5-14(6-13)8-15/h9,12-15H,3-8,10-11H2,1-2H3,(H,20,23)(H,21,22,24). The first-order valence-electron chi connectivity index (χ1n) is 9.65. The Morgan fingerprint density at radius 2 is 2.04 bits per heavy atom. The number of nitrogens with one attached hydrogen (secondary N) is 2. The van der Waals surface area contributed by atoms with Crippen LogP contribution < -0.4 is 20.5 Å². The van der Waals surface area contributed by atoms with E-state index in [1.807, 2.05) is 13.8 Å². The van der Waals surface area contributed by atoms with Gasteiger partial charge in [0.1, 0.15) is 0 Å². The van der Waals surface area contributed by atoms with Gasteiger partial charge in [-0.2, -0.15) is 4.98 Å². The summed E-state index contributed by atoms with van der Waals surface area (Å²) in [6, 6.07) is 1.48. The number of hydrogen-bond acceptors (Lipinski definition) is 5. The minimum absolute atomic E-state index is 0.0841. The highest BCUT2D eigenvalue weighted by molar-refractivity contribution is 5.77. The summed E-state index contributed by atoms with van der Waals surface area (Å²) >= 11 is 0. The summed E-state index contributed by atoms with van der Waals surface area (Å²) in [5.74, 6) is 2.46. The first-order valence-corrected chi connectivity index (χ1v) is 9.65. The zero-order valence-corrected chi connectivity index (χ0v) is 15.6. The second kappa shape index (κ2) is 8.56. The van der Waals surface area contributed by atoms with E-state index >= 15 is 0 Å². The van der Waals surface area contributed by atoms with Crippen molar-refractivity contribution in [1.29, 1.82) is 0 Å². The Kier molecular flexibility index (Phi) is 6.16. The molecule has 1 amide bonds. The predicted octanol–water partition coefficient (Wildman–Crippen LogP) is 2.27. The van der Waals surface area contributed by atoms with Crippen molar-refractivity contribution in [2.24, 2.45) is 17.8 Å². The van der Waals surface area contributed by atoms with Gasteiger partial charge in [0.2, 0.25) is 11.8 Å². The van der Waals surface area contributed by atoms with Crippen LogP contribution in [0.15, 0.2) is 10.9 Å². The smallest absolute Gasteiger partial charge is 0.351 e. The molecule has 7 nitrogen and oxygen atoms in total. The van der Waals surface area contributed by atoms with Crippen molar-refractivity contribution in [3.8, 4) is 11.8 Å². The fourth-order valence-electron chi connectivity index (χ4n) is 4.29. The van der Waals surface area contributed by atoms with E-state index in [4.69, 9.17) is 9.47 Å². The molecule has 2 saturated carbocycles. The van der Waals surface area contributed by atoms with Gasteiger partial charge in [0.15, 0.2) is 6.61 Å². The minimum atomic E-state index is -0.563. The second-order valence-corrected chi connectivity index (χ2v) is 7.88. The number of carbonyl (C=O) groups excluding carboxylic acids is 1. The second-order valence-electron chi connectivity index (χ2n) is 7.88. The largest absolute Gasteiger partial charge is 0.476 e. The van der Waals surface area contributed by atoms with Crippen LogP contribution in [0.2, 0.25) is 0 Å². The molecule has 0 saturated heterocycles. The Bertz CT molecular complexity index is 661. The maximum Gasteiger partial charge on any atom is 0.351 e. The number of carbonyl (C=O) groups is 1. The van der Waals surface area contributed by atoms with Crippen LogP contribution in [0.5, 0.6) is 11.8 Å². The summed E-state index contributed by atoms with van der Waals surface area (Å²) in [4.78, 5) is 29.8. The molecule has 1 heterocycles. The topological polar surface area (TPSA) is 93.3 Å². The van der Waals surface area contributed by atoms with E-state index < -0.39 is 5.69 Å². The maximum atomic E-state index is 12.1. The summed E-state index contributed by atoms with van der Waals surface area (Å²) in [6.07, 6.45) is 7.81. The zero-order valence-electron chi connectivity index (χ0n) is 15.6. The van der Waals surface area contributed by atoms with E-state index in [0.29, 0.717) is 12.5 Å². The van der Waals surface area contributed by atoms with E-state index in [9.17, 15) is 9.59 Å². The molecule has 0 spiro atoms. The first-order chi connectivity index (χ1) is 12.5. The van der Waals surface area contributed by atoms with Gasteiger partial charge >= 0.3 is 5.69 Å². The first kappa shape index (κ1) is 18.7. The minimum Gasteiger partial charge on any atom is -0.476 e. The van der Waals surface area contributed by atoms with Gasteiger partial charge in [0.05, 0.1) is 12.2 Å². The molecule has 2 atom stereocenters. The number of amides is 1. The number of ether oxygens (including phenoxy) is 2. The van der Waals surface area contributed by atoms with E-state index in [2.05, 4.69) is 15.3 Å². The molecule has 0 radical (unpaired) electrons. The lowest BCUT2D eigenvalue weighted by molar-refractivity contribution is -0.123. The Morgan fingerprint density at radius 1 is 1.31 bits per heavy atom. The molecule has 26 heavy (non-hydrogen) atoms. The van der Waals surface area contributed by atoms with Gasteiger partial charge in [0, 0.05) is 6.54 Å². The van der Waals surface area contributed by atoms with Gasteiger partial charge in [0.25, 0.3) is 5.91 Å². The highest BCUT2D eigenvalue weighted by Gasteiger charge is 2.31. The molecule has 7 heteroatoms. The fourth-order valence-corrected chi connectivity index (χ4v) is 4.29. The van der Waals surface area contributed by atoms with Crippen LogP contribution in [0, 0.1) is 17.8 Å². The number of nitrogens with zero attached hydrogens (tertiary/aromatic N) is 1. The monoisotopic (exact) mass is 363 g/mol. The Balaban J connectivity index is 1.44. The molecule has 2 bridgehead atoms. The number of rotatable bonds is 7. The van der Waals surface area contributed by atoms with E-state index in [0.717, 1.165) is 11.8 Å². The highest BCUT2D eigenvalue weighted by atomic mass is 16.5. The van der Waals surface area contributed by atoms with Crippen LogP contribution in [-0.4, -0.2) is 35.1 Å². The third kappa shape index (κ3) is 5.47. The molecule has 2 N–H and O–H groups in total. The van der Waals surface area contributed by atoms with Crippen molar-refractivity contribution < 1.29 is 14.3 Å². The van der Waals surface area contributed by atoms with E-state index in [1.54, 1.807) is 0 Å². The lowest BCUT2D eigenvalue weighted by Crippen LogP contribution is -2.37. The Morgan fingerprint density at radius 3 is 2.73 bits per heavy atom. The highest BCUT2D eigenvalue weighted by Crippen LogP contribution is 2.42. The zero-order chi connectivity index (χ0) is 18.5. The number of hydrogen-bond donors (Lipinski definition) is 2. The molecule has 2 aliphatic carbocycles. The van der Waals surface area contributed by atoms with Crippen LogP contribution >= 0.6 is 0 Å². The fraction of sp³-hybridized carbons (Fsp3) is 0.737. The number of aromatic amines is 1. The molecule has 0 aromatic carbocycles. The van der Waals surface area contributed by atoms with Gasteiger partial charge in [-0.1, -0.05) is 19.3 Å². The molecule has 2 aliphatic rings. The quantitative estimate of drug-likeness (QED) is 0.775. The van der Waals surface area contributed by atoms with Crippen LogP contribution in [0.25, 0.3) is 0 Å². The normalized spacial score (nSPS) is 25.0. The van der Waals surface area contributed by atoms with Crippen molar-refractivity contribution in [3.63, 3.8) is 0 Å². The maximum absolute atomic E-state index is 12.1. The summed E-state index contributed by atoms with van der Waals surface area (Å²) < 4.78 is 10.8. The predicted molar refractivity (Wildman–Crippen MR) is 97.3 cm³/mol. The Labute approximate surface area is 153 Å². The van der Waals surface area contributed by atoms with E-state index in [1.165, 1.54) is 44.6 Å². The molecule has 2 fully saturated rings. The summed E-state index contributed by atoms with van der Waals surface area (Å²) in [7, 11) is 0. The molecular formula is C19H29N3O4. The number of fused-ring (bicyclic) bond motifs is 2. The van der Waals surface area contributed by atoms with Crippen molar-refractivity contribution in [3.05, 3.63) is 16.6 Å². The number of aromatic nitrogens is 2. The summed E-state index contributed by atoms with van der Waals surface area (Å²) in [6.45, 7) is 4.26. The van der Waals surface area contributed by atoms with Crippen molar-refractivity contribution in [2.45, 2.75) is 58.5 Å². The van der Waals surface area contributed by atoms with Gasteiger partial charge in [-0.05, 0) is 50.9 Å². The molecule has 2 unspecified atom stereocenters. The molecule has 3 rings (SSSR count). The van der Waals surface area contributed by atoms with Gasteiger partial charge in [-0.15, -0.1) is 0 Å². The van der Waals surface area contributed by atoms with Gasteiger partial charge in [-0.25, -0.2) is 4.79 Å². The summed E-state index contributed by atoms with van der Waals surface area (Å²) in [5, 5.41) is 2.96. The third-order valence-corrected chi connectivity index (χ3v) is 5.22. The van der Waals surface area contributed by atoms with Crippen LogP contribution in [-0.2, 0) is 4.79 Å². The Hall–Kier alpha value is -2.05. The summed E-state index contributed by atoms with van der Waals surface area (Å²) in [5.41, 5.74) is -0.563. The number of H-pyrrole nitrogens is 1. The van der Waals surface area contributed by atoms with Crippen LogP contribution in [0.4, 0.5) is 0 Å². The van der Waals surface area contributed by atoms with Gasteiger partial charge in [-0.3, -0.25) is 9.78 Å². The SMILES string of the molecule is CC(C)Oc1cc(OCC(=O)NCC2CC3CCCC(C3)C2)nc(=O)[nH]1. The van der Waals surface area contributed by atoms with E-state index in [-0.39, 0.29) is 30.4 Å². The lowest BCUT2D eigenvalue weighted by atomic mass is 9.68. The third-order valence-electron chi connectivity index (χ3n) is 5.22. The van der Waals surface area contributed by atoms with Crippen LogP contribution in [0.3, 0.4) is 0 Å². The van der Waals surface area contributed by atoms with Crippen LogP contribution in [0.1, 0.15) is 52.4 Å². The molecular weight excluding hydrogens is 334 g/mol. The average molecular weight is 363 g/mol. The molecule has 144 valence electrons. The van der Waals surface area contributed by atoms with Crippen molar-refractivity contribution in [2.75, 3.05) is 13.2 Å².